The number of hydrogen-bond donors (Lipinski definition) is 3. The summed E-state index contributed by atoms with van der Waals surface area (Å²) in [7, 11) is 0. The number of rotatable bonds is 5. The second-order valence-electron chi connectivity index (χ2n) is 3.56. The fraction of sp³-hybridized carbons (Fsp3) is 0.273. The lowest BCUT2D eigenvalue weighted by Crippen LogP contribution is -2.17. The van der Waals surface area contributed by atoms with Crippen molar-refractivity contribution in [1.82, 2.24) is 15.5 Å². The van der Waals surface area contributed by atoms with E-state index in [2.05, 4.69) is 20.0 Å². The van der Waals surface area contributed by atoms with Gasteiger partial charge in [-0.15, -0.1) is 0 Å². The zero-order valence-electron chi connectivity index (χ0n) is 9.13. The van der Waals surface area contributed by atoms with Gasteiger partial charge in [0.2, 0.25) is 6.39 Å². The molecule has 0 aliphatic rings. The van der Waals surface area contributed by atoms with Gasteiger partial charge in [-0.05, 0) is 6.07 Å². The molecule has 2 rings (SSSR count). The Kier molecular flexibility index (Phi) is 3.56. The Bertz CT molecular complexity index is 471. The summed E-state index contributed by atoms with van der Waals surface area (Å²) in [5.74, 6) is 0.444. The van der Waals surface area contributed by atoms with E-state index >= 15 is 0 Å². The Labute approximate surface area is 97.9 Å². The molecule has 0 atom stereocenters. The minimum absolute atomic E-state index is 0.0837. The number of benzene rings is 1. The highest BCUT2D eigenvalue weighted by molar-refractivity contribution is 5.44. The molecule has 0 saturated carbocycles. The second kappa shape index (κ2) is 5.31. The third kappa shape index (κ3) is 2.94. The van der Waals surface area contributed by atoms with Crippen LogP contribution in [0.25, 0.3) is 0 Å². The average Bonchev–Trinajstić information content (AvgIpc) is 2.83. The highest BCUT2D eigenvalue weighted by Crippen LogP contribution is 2.27. The predicted molar refractivity (Wildman–Crippen MR) is 59.5 cm³/mol. The number of nitrogens with zero attached hydrogens (tertiary/aromatic N) is 2. The van der Waals surface area contributed by atoms with Gasteiger partial charge in [-0.1, -0.05) is 17.3 Å². The van der Waals surface area contributed by atoms with Crippen molar-refractivity contribution < 1.29 is 14.7 Å². The summed E-state index contributed by atoms with van der Waals surface area (Å²) in [4.78, 5) is 3.89. The molecule has 0 bridgehead atoms. The molecule has 0 saturated heterocycles. The van der Waals surface area contributed by atoms with Gasteiger partial charge in [0.25, 0.3) is 0 Å². The summed E-state index contributed by atoms with van der Waals surface area (Å²) < 4.78 is 4.60. The summed E-state index contributed by atoms with van der Waals surface area (Å²) in [5.41, 5.74) is 0.651. The smallest absolute Gasteiger partial charge is 0.213 e. The molecular weight excluding hydrogens is 222 g/mol. The maximum atomic E-state index is 9.55. The topological polar surface area (TPSA) is 91.4 Å². The van der Waals surface area contributed by atoms with Crippen molar-refractivity contribution in [3.8, 4) is 11.5 Å². The van der Waals surface area contributed by atoms with E-state index in [0.717, 1.165) is 0 Å². The van der Waals surface area contributed by atoms with E-state index in [4.69, 9.17) is 0 Å². The monoisotopic (exact) mass is 235 g/mol. The minimum Gasteiger partial charge on any atom is -0.504 e. The number of aromatic nitrogens is 2. The Hall–Kier alpha value is -2.08. The summed E-state index contributed by atoms with van der Waals surface area (Å²) in [5, 5.41) is 25.6. The molecular formula is C11H13N3O3. The summed E-state index contributed by atoms with van der Waals surface area (Å²) in [6, 6.07) is 4.87. The summed E-state index contributed by atoms with van der Waals surface area (Å²) in [6.45, 7) is 1.13. The van der Waals surface area contributed by atoms with Crippen molar-refractivity contribution in [3.05, 3.63) is 36.0 Å². The van der Waals surface area contributed by atoms with Gasteiger partial charge in [-0.2, -0.15) is 4.98 Å². The summed E-state index contributed by atoms with van der Waals surface area (Å²) in [6.07, 6.45) is 1.94. The second-order valence-corrected chi connectivity index (χ2v) is 3.56. The van der Waals surface area contributed by atoms with Gasteiger partial charge in [0.05, 0.1) is 0 Å². The number of hydrogen-bond acceptors (Lipinski definition) is 6. The fourth-order valence-corrected chi connectivity index (χ4v) is 1.45. The Morgan fingerprint density at radius 3 is 2.94 bits per heavy atom. The zero-order chi connectivity index (χ0) is 12.1. The van der Waals surface area contributed by atoms with Crippen LogP contribution < -0.4 is 5.32 Å². The molecule has 1 aromatic heterocycles. The van der Waals surface area contributed by atoms with Crippen LogP contribution in [0.3, 0.4) is 0 Å². The van der Waals surface area contributed by atoms with Gasteiger partial charge in [0, 0.05) is 25.1 Å². The summed E-state index contributed by atoms with van der Waals surface area (Å²) >= 11 is 0. The van der Waals surface area contributed by atoms with E-state index in [1.165, 1.54) is 12.5 Å². The van der Waals surface area contributed by atoms with Gasteiger partial charge in [0.15, 0.2) is 17.3 Å². The third-order valence-electron chi connectivity index (χ3n) is 2.35. The number of aromatic hydroxyl groups is 2. The quantitative estimate of drug-likeness (QED) is 0.525. The fourth-order valence-electron chi connectivity index (χ4n) is 1.45. The first-order chi connectivity index (χ1) is 8.27. The third-order valence-corrected chi connectivity index (χ3v) is 2.35. The number of para-hydroxylation sites is 1. The van der Waals surface area contributed by atoms with Crippen molar-refractivity contribution >= 4 is 0 Å². The molecule has 0 unspecified atom stereocenters. The van der Waals surface area contributed by atoms with Gasteiger partial charge in [0.1, 0.15) is 0 Å². The van der Waals surface area contributed by atoms with Crippen LogP contribution in [-0.4, -0.2) is 26.9 Å². The zero-order valence-corrected chi connectivity index (χ0v) is 9.13. The van der Waals surface area contributed by atoms with Gasteiger partial charge < -0.3 is 20.1 Å². The van der Waals surface area contributed by atoms with E-state index < -0.39 is 0 Å². The maximum Gasteiger partial charge on any atom is 0.213 e. The molecule has 6 heteroatoms. The Balaban J connectivity index is 1.80. The molecule has 1 heterocycles. The molecule has 2 aromatic rings. The van der Waals surface area contributed by atoms with E-state index in [1.54, 1.807) is 12.1 Å². The first kappa shape index (κ1) is 11.4. The van der Waals surface area contributed by atoms with Crippen LogP contribution in [0.2, 0.25) is 0 Å². The number of nitrogens with one attached hydrogen (secondary N) is 1. The first-order valence-corrected chi connectivity index (χ1v) is 5.23. The van der Waals surface area contributed by atoms with Crippen LogP contribution in [0, 0.1) is 0 Å². The van der Waals surface area contributed by atoms with E-state index in [9.17, 15) is 10.2 Å². The normalized spacial score (nSPS) is 10.6. The predicted octanol–water partition coefficient (Wildman–Crippen LogP) is 0.813. The van der Waals surface area contributed by atoms with Crippen molar-refractivity contribution in [2.45, 2.75) is 13.0 Å². The largest absolute Gasteiger partial charge is 0.504 e. The SMILES string of the molecule is Oc1cccc(CNCCc2ncon2)c1O. The van der Waals surface area contributed by atoms with Crippen LogP contribution in [0.1, 0.15) is 11.4 Å². The lowest BCUT2D eigenvalue weighted by Gasteiger charge is -2.06. The van der Waals surface area contributed by atoms with Crippen LogP contribution in [0.15, 0.2) is 29.1 Å². The van der Waals surface area contributed by atoms with Crippen molar-refractivity contribution in [2.24, 2.45) is 0 Å². The van der Waals surface area contributed by atoms with Gasteiger partial charge in [-0.3, -0.25) is 0 Å². The van der Waals surface area contributed by atoms with Crippen LogP contribution in [0.5, 0.6) is 11.5 Å². The standard InChI is InChI=1S/C11H13N3O3/c15-9-3-1-2-8(11(9)16)6-12-5-4-10-13-7-17-14-10/h1-3,7,12,15-16H,4-6H2. The minimum atomic E-state index is -0.109. The Morgan fingerprint density at radius 2 is 2.18 bits per heavy atom. The van der Waals surface area contributed by atoms with E-state index in [1.807, 2.05) is 0 Å². The van der Waals surface area contributed by atoms with Crippen LogP contribution >= 0.6 is 0 Å². The molecule has 1 aromatic carbocycles. The van der Waals surface area contributed by atoms with E-state index in [0.29, 0.717) is 30.9 Å². The molecule has 17 heavy (non-hydrogen) atoms. The van der Waals surface area contributed by atoms with Crippen molar-refractivity contribution in [2.75, 3.05) is 6.54 Å². The molecule has 0 amide bonds. The van der Waals surface area contributed by atoms with Gasteiger partial charge in [-0.25, -0.2) is 0 Å². The highest BCUT2D eigenvalue weighted by Gasteiger charge is 2.05. The molecule has 0 spiro atoms. The molecule has 0 fully saturated rings. The van der Waals surface area contributed by atoms with Crippen molar-refractivity contribution in [1.29, 1.82) is 0 Å². The van der Waals surface area contributed by atoms with Crippen molar-refractivity contribution in [3.63, 3.8) is 0 Å². The molecule has 6 nitrogen and oxygen atoms in total. The lowest BCUT2D eigenvalue weighted by atomic mass is 10.2. The van der Waals surface area contributed by atoms with Gasteiger partial charge >= 0.3 is 0 Å². The molecule has 0 radical (unpaired) electrons. The number of phenolic OH excluding ortho intramolecular Hbond substituents is 2. The van der Waals surface area contributed by atoms with E-state index in [-0.39, 0.29) is 11.5 Å². The molecule has 0 aliphatic carbocycles. The van der Waals surface area contributed by atoms with Crippen LogP contribution in [-0.2, 0) is 13.0 Å². The average molecular weight is 235 g/mol. The van der Waals surface area contributed by atoms with Crippen LogP contribution in [0.4, 0.5) is 0 Å². The molecule has 90 valence electrons. The lowest BCUT2D eigenvalue weighted by molar-refractivity contribution is 0.397. The molecule has 3 N–H and O–H groups in total. The highest BCUT2D eigenvalue weighted by atomic mass is 16.5. The molecule has 0 aliphatic heterocycles. The number of phenols is 2. The maximum absolute atomic E-state index is 9.55. The first-order valence-electron chi connectivity index (χ1n) is 5.23. The Morgan fingerprint density at radius 1 is 1.29 bits per heavy atom.